The second-order valence-corrected chi connectivity index (χ2v) is 4.40. The van der Waals surface area contributed by atoms with Gasteiger partial charge in [0.15, 0.2) is 0 Å². The predicted molar refractivity (Wildman–Crippen MR) is 62.7 cm³/mol. The number of aromatic nitrogens is 1. The second-order valence-electron chi connectivity index (χ2n) is 3.19. The topological polar surface area (TPSA) is 30.0 Å². The summed E-state index contributed by atoms with van der Waals surface area (Å²) in [6, 6.07) is 7.24. The molecule has 0 spiro atoms. The van der Waals surface area contributed by atoms with Crippen LogP contribution in [0.4, 0.5) is 0 Å². The van der Waals surface area contributed by atoms with E-state index in [0.717, 1.165) is 22.4 Å². The minimum atomic E-state index is 0.586. The lowest BCUT2D eigenvalue weighted by atomic mass is 10.1. The Morgan fingerprint density at radius 2 is 2.20 bits per heavy atom. The molecule has 15 heavy (non-hydrogen) atoms. The van der Waals surface area contributed by atoms with Crippen molar-refractivity contribution in [1.29, 1.82) is 0 Å². The van der Waals surface area contributed by atoms with Crippen molar-refractivity contribution in [3.8, 4) is 10.4 Å². The number of benzene rings is 1. The second kappa shape index (κ2) is 4.13. The standard InChI is InChI=1S/C11H8ClNOS/c1-7-4-11(15-13-7)9-3-2-8(6-14)5-10(9)12/h2-6H,1H3. The lowest BCUT2D eigenvalue weighted by molar-refractivity contribution is 0.112. The first-order valence-electron chi connectivity index (χ1n) is 4.39. The van der Waals surface area contributed by atoms with E-state index in [4.69, 9.17) is 11.6 Å². The molecule has 2 rings (SSSR count). The molecule has 0 atom stereocenters. The van der Waals surface area contributed by atoms with Crippen LogP contribution in [0.1, 0.15) is 16.1 Å². The number of aldehydes is 1. The van der Waals surface area contributed by atoms with E-state index in [1.165, 1.54) is 11.5 Å². The number of aryl methyl sites for hydroxylation is 1. The largest absolute Gasteiger partial charge is 0.298 e. The minimum Gasteiger partial charge on any atom is -0.298 e. The van der Waals surface area contributed by atoms with E-state index < -0.39 is 0 Å². The first kappa shape index (κ1) is 10.3. The summed E-state index contributed by atoms with van der Waals surface area (Å²) in [6.07, 6.45) is 0.785. The van der Waals surface area contributed by atoms with Crippen LogP contribution in [0.5, 0.6) is 0 Å². The van der Waals surface area contributed by atoms with E-state index in [1.807, 2.05) is 19.1 Å². The molecule has 4 heteroatoms. The van der Waals surface area contributed by atoms with Crippen LogP contribution in [0.15, 0.2) is 24.3 Å². The van der Waals surface area contributed by atoms with Gasteiger partial charge in [0.05, 0.1) is 10.6 Å². The Balaban J connectivity index is 2.49. The molecule has 0 aliphatic heterocycles. The molecule has 1 heterocycles. The lowest BCUT2D eigenvalue weighted by Gasteiger charge is -2.00. The van der Waals surface area contributed by atoms with Gasteiger partial charge >= 0.3 is 0 Å². The third kappa shape index (κ3) is 2.08. The molecule has 2 nitrogen and oxygen atoms in total. The number of carbonyl (C=O) groups excluding carboxylic acids is 1. The molecule has 0 amide bonds. The highest BCUT2D eigenvalue weighted by molar-refractivity contribution is 7.09. The van der Waals surface area contributed by atoms with Gasteiger partial charge in [-0.3, -0.25) is 4.79 Å². The zero-order valence-corrected chi connectivity index (χ0v) is 9.60. The lowest BCUT2D eigenvalue weighted by Crippen LogP contribution is -1.81. The maximum Gasteiger partial charge on any atom is 0.150 e. The Kier molecular flexibility index (Phi) is 2.84. The molecule has 0 aliphatic rings. The summed E-state index contributed by atoms with van der Waals surface area (Å²) in [5.74, 6) is 0. The highest BCUT2D eigenvalue weighted by atomic mass is 35.5. The Bertz CT molecular complexity index is 507. The summed E-state index contributed by atoms with van der Waals surface area (Å²) in [6.45, 7) is 1.94. The fourth-order valence-electron chi connectivity index (χ4n) is 1.30. The molecule has 2 aromatic rings. The van der Waals surface area contributed by atoms with E-state index in [1.54, 1.807) is 12.1 Å². The van der Waals surface area contributed by atoms with Crippen LogP contribution in [0.3, 0.4) is 0 Å². The maximum absolute atomic E-state index is 10.5. The van der Waals surface area contributed by atoms with Crippen molar-refractivity contribution in [2.45, 2.75) is 6.92 Å². The fraction of sp³-hybridized carbons (Fsp3) is 0.0909. The SMILES string of the molecule is Cc1cc(-c2ccc(C=O)cc2Cl)sn1. The number of carbonyl (C=O) groups is 1. The molecular weight excluding hydrogens is 230 g/mol. The number of halogens is 1. The van der Waals surface area contributed by atoms with E-state index in [2.05, 4.69) is 4.37 Å². The van der Waals surface area contributed by atoms with Gasteiger partial charge in [0.1, 0.15) is 6.29 Å². The zero-order chi connectivity index (χ0) is 10.8. The fourth-order valence-corrected chi connectivity index (χ4v) is 2.44. The Hall–Kier alpha value is -1.19. The van der Waals surface area contributed by atoms with Gasteiger partial charge in [0.2, 0.25) is 0 Å². The van der Waals surface area contributed by atoms with Crippen molar-refractivity contribution in [2.75, 3.05) is 0 Å². The van der Waals surface area contributed by atoms with Crippen LogP contribution in [-0.2, 0) is 0 Å². The Morgan fingerprint density at radius 1 is 1.40 bits per heavy atom. The molecule has 1 aromatic heterocycles. The minimum absolute atomic E-state index is 0.586. The number of nitrogens with zero attached hydrogens (tertiary/aromatic N) is 1. The summed E-state index contributed by atoms with van der Waals surface area (Å²) in [7, 11) is 0. The Labute approximate surface area is 96.7 Å². The van der Waals surface area contributed by atoms with Crippen LogP contribution in [-0.4, -0.2) is 10.7 Å². The molecule has 1 aromatic carbocycles. The van der Waals surface area contributed by atoms with Gasteiger partial charge < -0.3 is 0 Å². The van der Waals surface area contributed by atoms with Gasteiger partial charge in [0, 0.05) is 16.1 Å². The normalized spacial score (nSPS) is 10.3. The third-order valence-corrected chi connectivity index (χ3v) is 3.25. The van der Waals surface area contributed by atoms with Crippen molar-refractivity contribution < 1.29 is 4.79 Å². The van der Waals surface area contributed by atoms with Crippen LogP contribution >= 0.6 is 23.1 Å². The first-order valence-corrected chi connectivity index (χ1v) is 5.54. The summed E-state index contributed by atoms with van der Waals surface area (Å²) in [5.41, 5.74) is 2.49. The molecular formula is C11H8ClNOS. The van der Waals surface area contributed by atoms with Crippen molar-refractivity contribution in [3.63, 3.8) is 0 Å². The first-order chi connectivity index (χ1) is 7.20. The van der Waals surface area contributed by atoms with E-state index in [0.29, 0.717) is 10.6 Å². The van der Waals surface area contributed by atoms with E-state index >= 15 is 0 Å². The number of hydrogen-bond donors (Lipinski definition) is 0. The van der Waals surface area contributed by atoms with Gasteiger partial charge in [-0.05, 0) is 30.6 Å². The van der Waals surface area contributed by atoms with Crippen molar-refractivity contribution in [2.24, 2.45) is 0 Å². The monoisotopic (exact) mass is 237 g/mol. The molecule has 0 aliphatic carbocycles. The number of hydrogen-bond acceptors (Lipinski definition) is 3. The highest BCUT2D eigenvalue weighted by Gasteiger charge is 2.07. The average Bonchev–Trinajstić information content (AvgIpc) is 2.64. The summed E-state index contributed by atoms with van der Waals surface area (Å²) in [4.78, 5) is 11.6. The van der Waals surface area contributed by atoms with Crippen molar-refractivity contribution in [1.82, 2.24) is 4.37 Å². The average molecular weight is 238 g/mol. The number of rotatable bonds is 2. The quantitative estimate of drug-likeness (QED) is 0.748. The van der Waals surface area contributed by atoms with E-state index in [9.17, 15) is 4.79 Å². The van der Waals surface area contributed by atoms with Gasteiger partial charge in [-0.25, -0.2) is 0 Å². The van der Waals surface area contributed by atoms with Crippen LogP contribution in [0, 0.1) is 6.92 Å². The van der Waals surface area contributed by atoms with Gasteiger partial charge in [0.25, 0.3) is 0 Å². The molecule has 0 saturated heterocycles. The third-order valence-electron chi connectivity index (χ3n) is 2.02. The van der Waals surface area contributed by atoms with Crippen molar-refractivity contribution >= 4 is 29.4 Å². The molecule has 0 saturated carbocycles. The van der Waals surface area contributed by atoms with Crippen LogP contribution in [0.25, 0.3) is 10.4 Å². The predicted octanol–water partition coefficient (Wildman–Crippen LogP) is 3.58. The summed E-state index contributed by atoms with van der Waals surface area (Å²) in [5, 5.41) is 0.586. The molecule has 0 fully saturated rings. The van der Waals surface area contributed by atoms with E-state index in [-0.39, 0.29) is 0 Å². The van der Waals surface area contributed by atoms with Crippen molar-refractivity contribution in [3.05, 3.63) is 40.5 Å². The van der Waals surface area contributed by atoms with Crippen LogP contribution < -0.4 is 0 Å². The van der Waals surface area contributed by atoms with Gasteiger partial charge in [-0.15, -0.1) is 0 Å². The molecule has 0 N–H and O–H groups in total. The van der Waals surface area contributed by atoms with Gasteiger partial charge in [-0.1, -0.05) is 23.7 Å². The maximum atomic E-state index is 10.5. The zero-order valence-electron chi connectivity index (χ0n) is 8.03. The Morgan fingerprint density at radius 3 is 2.73 bits per heavy atom. The summed E-state index contributed by atoms with van der Waals surface area (Å²) < 4.78 is 4.19. The van der Waals surface area contributed by atoms with Crippen LogP contribution in [0.2, 0.25) is 5.02 Å². The molecule has 0 bridgehead atoms. The summed E-state index contributed by atoms with van der Waals surface area (Å²) >= 11 is 7.48. The highest BCUT2D eigenvalue weighted by Crippen LogP contribution is 2.31. The molecule has 0 radical (unpaired) electrons. The van der Waals surface area contributed by atoms with Gasteiger partial charge in [-0.2, -0.15) is 4.37 Å². The smallest absolute Gasteiger partial charge is 0.150 e. The molecule has 76 valence electrons. The molecule has 0 unspecified atom stereocenters.